The molecule has 0 bridgehead atoms. The number of hydrogen-bond donors (Lipinski definition) is 1. The fourth-order valence-electron chi connectivity index (χ4n) is 2.05. The van der Waals surface area contributed by atoms with Crippen LogP contribution in [0.3, 0.4) is 0 Å². The highest BCUT2D eigenvalue weighted by atomic mass is 79.9. The molecule has 0 radical (unpaired) electrons. The van der Waals surface area contributed by atoms with Crippen LogP contribution in [0.2, 0.25) is 10.0 Å². The molecule has 2 aromatic rings. The third-order valence-electron chi connectivity index (χ3n) is 3.38. The van der Waals surface area contributed by atoms with Crippen LogP contribution < -0.4 is 14.9 Å². The second-order valence-corrected chi connectivity index (χ2v) is 7.69. The summed E-state index contributed by atoms with van der Waals surface area (Å²) < 4.78 is 12.6. The fourth-order valence-corrected chi connectivity index (χ4v) is 3.31. The molecule has 0 aliphatic rings. The summed E-state index contributed by atoms with van der Waals surface area (Å²) in [5.74, 6) is 0.438. The maximum absolute atomic E-state index is 11.3. The van der Waals surface area contributed by atoms with Crippen LogP contribution in [-0.2, 0) is 11.4 Å². The number of hydrogen-bond acceptors (Lipinski definition) is 5. The Morgan fingerprint density at radius 1 is 1.29 bits per heavy atom. The van der Waals surface area contributed by atoms with Crippen LogP contribution >= 0.6 is 55.1 Å². The van der Waals surface area contributed by atoms with Crippen molar-refractivity contribution >= 4 is 67.2 Å². The molecule has 0 heterocycles. The molecular weight excluding hydrogens is 537 g/mol. The molecule has 2 aromatic carbocycles. The van der Waals surface area contributed by atoms with Gasteiger partial charge >= 0.3 is 0 Å². The van der Waals surface area contributed by atoms with Gasteiger partial charge in [0, 0.05) is 10.0 Å². The highest BCUT2D eigenvalue weighted by Gasteiger charge is 2.17. The maximum atomic E-state index is 11.3. The number of nitrogens with one attached hydrogen (secondary N) is 1. The lowest BCUT2D eigenvalue weighted by Gasteiger charge is -2.15. The normalized spacial score (nSPS) is 10.6. The quantitative estimate of drug-likeness (QED) is 0.367. The lowest BCUT2D eigenvalue weighted by Crippen LogP contribution is -2.16. The van der Waals surface area contributed by atoms with Crippen molar-refractivity contribution < 1.29 is 14.3 Å². The first kappa shape index (κ1) is 22.5. The fraction of sp³-hybridized carbons (Fsp3) is 0.167. The molecule has 0 spiro atoms. The van der Waals surface area contributed by atoms with Gasteiger partial charge in [0.2, 0.25) is 0 Å². The first-order chi connectivity index (χ1) is 13.4. The average Bonchev–Trinajstić information content (AvgIpc) is 2.67. The third kappa shape index (κ3) is 5.85. The zero-order valence-corrected chi connectivity index (χ0v) is 19.1. The SMILES string of the molecule is COc1cc(/C=N\NC(=O)CC#N)c(Br)c(Br)c1OCc1ccc(Cl)c(Cl)c1. The van der Waals surface area contributed by atoms with Crippen molar-refractivity contribution in [2.45, 2.75) is 13.0 Å². The van der Waals surface area contributed by atoms with Crippen molar-refractivity contribution in [1.29, 1.82) is 5.26 Å². The Balaban J connectivity index is 2.22. The van der Waals surface area contributed by atoms with Gasteiger partial charge in [-0.3, -0.25) is 4.79 Å². The maximum Gasteiger partial charge on any atom is 0.254 e. The lowest BCUT2D eigenvalue weighted by atomic mass is 10.2. The molecule has 10 heteroatoms. The summed E-state index contributed by atoms with van der Waals surface area (Å²) >= 11 is 18.9. The highest BCUT2D eigenvalue weighted by molar-refractivity contribution is 9.13. The number of rotatable bonds is 7. The summed E-state index contributed by atoms with van der Waals surface area (Å²) in [5, 5.41) is 13.2. The number of hydrazone groups is 1. The van der Waals surface area contributed by atoms with Gasteiger partial charge in [-0.1, -0.05) is 29.3 Å². The standard InChI is InChI=1S/C18H13Br2Cl2N3O3/c1-27-14-7-11(8-24-25-15(26)4-5-23)16(19)17(20)18(14)28-9-10-2-3-12(21)13(22)6-10/h2-3,6-8H,4,9H2,1H3,(H,25,26)/b24-8-. The molecule has 6 nitrogen and oxygen atoms in total. The highest BCUT2D eigenvalue weighted by Crippen LogP contribution is 2.42. The van der Waals surface area contributed by atoms with Crippen LogP contribution in [0.15, 0.2) is 38.3 Å². The Morgan fingerprint density at radius 2 is 2.04 bits per heavy atom. The summed E-state index contributed by atoms with van der Waals surface area (Å²) in [7, 11) is 1.51. The molecule has 1 N–H and O–H groups in total. The van der Waals surface area contributed by atoms with E-state index in [0.29, 0.717) is 36.1 Å². The van der Waals surface area contributed by atoms with Crippen LogP contribution in [0, 0.1) is 11.3 Å². The van der Waals surface area contributed by atoms with E-state index in [4.69, 9.17) is 37.9 Å². The topological polar surface area (TPSA) is 83.7 Å². The minimum absolute atomic E-state index is 0.246. The van der Waals surface area contributed by atoms with E-state index in [2.05, 4.69) is 42.4 Å². The summed E-state index contributed by atoms with van der Waals surface area (Å²) in [4.78, 5) is 11.3. The number of nitrogens with zero attached hydrogens (tertiary/aromatic N) is 2. The minimum atomic E-state index is -0.498. The van der Waals surface area contributed by atoms with E-state index < -0.39 is 5.91 Å². The van der Waals surface area contributed by atoms with E-state index in [0.717, 1.165) is 5.56 Å². The summed E-state index contributed by atoms with van der Waals surface area (Å²) in [6.45, 7) is 0.246. The lowest BCUT2D eigenvalue weighted by molar-refractivity contribution is -0.120. The van der Waals surface area contributed by atoms with Crippen LogP contribution in [-0.4, -0.2) is 19.2 Å². The van der Waals surface area contributed by atoms with E-state index in [-0.39, 0.29) is 13.0 Å². The average molecular weight is 550 g/mol. The second kappa shape index (κ2) is 10.7. The van der Waals surface area contributed by atoms with Crippen LogP contribution in [0.5, 0.6) is 11.5 Å². The van der Waals surface area contributed by atoms with Gasteiger partial charge in [-0.15, -0.1) is 0 Å². The Kier molecular flexibility index (Phi) is 8.58. The molecule has 146 valence electrons. The van der Waals surface area contributed by atoms with Gasteiger partial charge in [0.1, 0.15) is 13.0 Å². The van der Waals surface area contributed by atoms with Crippen molar-refractivity contribution in [2.75, 3.05) is 7.11 Å². The van der Waals surface area contributed by atoms with E-state index in [1.807, 2.05) is 6.07 Å². The third-order valence-corrected chi connectivity index (χ3v) is 6.26. The number of carbonyl (C=O) groups excluding carboxylic acids is 1. The minimum Gasteiger partial charge on any atom is -0.493 e. The number of ether oxygens (including phenoxy) is 2. The molecule has 0 atom stereocenters. The number of amides is 1. The van der Waals surface area contributed by atoms with Crippen LogP contribution in [0.1, 0.15) is 17.5 Å². The predicted octanol–water partition coefficient (Wildman–Crippen LogP) is 5.47. The second-order valence-electron chi connectivity index (χ2n) is 5.29. The van der Waals surface area contributed by atoms with E-state index in [1.165, 1.54) is 13.3 Å². The van der Waals surface area contributed by atoms with Crippen LogP contribution in [0.25, 0.3) is 0 Å². The van der Waals surface area contributed by atoms with Gasteiger partial charge in [-0.05, 0) is 55.6 Å². The molecule has 2 rings (SSSR count). The summed E-state index contributed by atoms with van der Waals surface area (Å²) in [6, 6.07) is 8.67. The first-order valence-corrected chi connectivity index (χ1v) is 10.0. The summed E-state index contributed by atoms with van der Waals surface area (Å²) in [5.41, 5.74) is 3.73. The van der Waals surface area contributed by atoms with Gasteiger partial charge in [0.15, 0.2) is 11.5 Å². The van der Waals surface area contributed by atoms with Crippen molar-refractivity contribution in [3.63, 3.8) is 0 Å². The smallest absolute Gasteiger partial charge is 0.254 e. The number of methoxy groups -OCH3 is 1. The molecule has 0 unspecified atom stereocenters. The van der Waals surface area contributed by atoms with E-state index >= 15 is 0 Å². The molecule has 0 aliphatic heterocycles. The Bertz CT molecular complexity index is 962. The molecule has 0 saturated carbocycles. The number of halogens is 4. The van der Waals surface area contributed by atoms with E-state index in [9.17, 15) is 4.79 Å². The zero-order valence-electron chi connectivity index (χ0n) is 14.4. The first-order valence-electron chi connectivity index (χ1n) is 7.69. The molecular formula is C18H13Br2Cl2N3O3. The van der Waals surface area contributed by atoms with Gasteiger partial charge in [0.25, 0.3) is 5.91 Å². The largest absolute Gasteiger partial charge is 0.493 e. The molecule has 1 amide bonds. The van der Waals surface area contributed by atoms with Crippen molar-refractivity contribution in [1.82, 2.24) is 5.43 Å². The molecule has 0 aliphatic carbocycles. The predicted molar refractivity (Wildman–Crippen MR) is 115 cm³/mol. The van der Waals surface area contributed by atoms with Crippen LogP contribution in [0.4, 0.5) is 0 Å². The molecule has 0 aromatic heterocycles. The number of benzene rings is 2. The Morgan fingerprint density at radius 3 is 2.68 bits per heavy atom. The summed E-state index contributed by atoms with van der Waals surface area (Å²) in [6.07, 6.45) is 1.16. The van der Waals surface area contributed by atoms with Gasteiger partial charge < -0.3 is 9.47 Å². The molecule has 0 fully saturated rings. The monoisotopic (exact) mass is 547 g/mol. The van der Waals surface area contributed by atoms with E-state index in [1.54, 1.807) is 24.3 Å². The van der Waals surface area contributed by atoms with Gasteiger partial charge in [-0.2, -0.15) is 10.4 Å². The van der Waals surface area contributed by atoms with Crippen molar-refractivity contribution in [2.24, 2.45) is 5.10 Å². The van der Waals surface area contributed by atoms with Crippen molar-refractivity contribution in [3.05, 3.63) is 54.4 Å². The molecule has 0 saturated heterocycles. The zero-order chi connectivity index (χ0) is 20.7. The van der Waals surface area contributed by atoms with Gasteiger partial charge in [0.05, 0.1) is 33.9 Å². The molecule has 28 heavy (non-hydrogen) atoms. The Hall–Kier alpha value is -1.79. The number of nitriles is 1. The number of carbonyl (C=O) groups is 1. The Labute approximate surface area is 188 Å². The van der Waals surface area contributed by atoms with Crippen molar-refractivity contribution in [3.8, 4) is 17.6 Å². The van der Waals surface area contributed by atoms with Gasteiger partial charge in [-0.25, -0.2) is 5.43 Å².